The maximum atomic E-state index is 6.30. The fourth-order valence-electron chi connectivity index (χ4n) is 9.45. The maximum absolute atomic E-state index is 6.30. The van der Waals surface area contributed by atoms with Crippen LogP contribution in [-0.4, -0.2) is 0 Å². The number of fused-ring (bicyclic) bond motifs is 6. The Balaban J connectivity index is 1.19. The predicted molar refractivity (Wildman–Crippen MR) is 241 cm³/mol. The molecule has 0 radical (unpaired) electrons. The Labute approximate surface area is 335 Å². The van der Waals surface area contributed by atoms with Crippen LogP contribution in [0.25, 0.3) is 66.4 Å². The number of anilines is 3. The molecule has 10 rings (SSSR count). The molecule has 2 nitrogen and oxygen atoms in total. The smallest absolute Gasteiger partial charge is 0.136 e. The van der Waals surface area contributed by atoms with Crippen LogP contribution >= 0.6 is 0 Å². The van der Waals surface area contributed by atoms with Crippen LogP contribution in [0.5, 0.6) is 0 Å². The van der Waals surface area contributed by atoms with Gasteiger partial charge in [0.25, 0.3) is 0 Å². The van der Waals surface area contributed by atoms with Crippen LogP contribution in [0.2, 0.25) is 0 Å². The lowest BCUT2D eigenvalue weighted by atomic mass is 9.82. The van der Waals surface area contributed by atoms with E-state index in [-0.39, 0.29) is 5.41 Å². The van der Waals surface area contributed by atoms with Gasteiger partial charge in [0.15, 0.2) is 0 Å². The number of hydrogen-bond donors (Lipinski definition) is 0. The second-order valence-electron chi connectivity index (χ2n) is 16.1. The predicted octanol–water partition coefficient (Wildman–Crippen LogP) is 15.5. The molecule has 0 amide bonds. The van der Waals surface area contributed by atoms with E-state index in [2.05, 4.69) is 197 Å². The highest BCUT2D eigenvalue weighted by Gasteiger charge is 2.36. The van der Waals surface area contributed by atoms with Gasteiger partial charge in [-0.1, -0.05) is 142 Å². The van der Waals surface area contributed by atoms with Crippen molar-refractivity contribution in [3.8, 4) is 44.5 Å². The van der Waals surface area contributed by atoms with Crippen LogP contribution in [0.1, 0.15) is 48.6 Å². The van der Waals surface area contributed by atoms with Gasteiger partial charge in [-0.3, -0.25) is 0 Å². The van der Waals surface area contributed by atoms with Gasteiger partial charge in [-0.25, -0.2) is 0 Å². The molecule has 0 saturated heterocycles. The summed E-state index contributed by atoms with van der Waals surface area (Å²) in [6.45, 7) is 11.5. The molecule has 0 N–H and O–H groups in total. The summed E-state index contributed by atoms with van der Waals surface area (Å²) in [7, 11) is 0. The van der Waals surface area contributed by atoms with Crippen molar-refractivity contribution in [2.24, 2.45) is 0 Å². The number of furan rings is 1. The molecule has 0 saturated carbocycles. The minimum absolute atomic E-state index is 0.0746. The molecule has 1 aliphatic carbocycles. The van der Waals surface area contributed by atoms with Crippen molar-refractivity contribution in [3.05, 3.63) is 198 Å². The fraction of sp³-hybridized carbons (Fsp3) is 0.127. The summed E-state index contributed by atoms with van der Waals surface area (Å²) in [5, 5.41) is 2.29. The maximum Gasteiger partial charge on any atom is 0.136 e. The lowest BCUT2D eigenvalue weighted by molar-refractivity contribution is 0.660. The Kier molecular flexibility index (Phi) is 8.27. The van der Waals surface area contributed by atoms with Gasteiger partial charge in [-0.2, -0.15) is 0 Å². The van der Waals surface area contributed by atoms with Gasteiger partial charge in [0, 0.05) is 33.1 Å². The van der Waals surface area contributed by atoms with Gasteiger partial charge in [-0.15, -0.1) is 0 Å². The average Bonchev–Trinajstić information content (AvgIpc) is 3.72. The molecule has 0 bridgehead atoms. The zero-order chi connectivity index (χ0) is 38.8. The third-order valence-electron chi connectivity index (χ3n) is 12.4. The van der Waals surface area contributed by atoms with Gasteiger partial charge in [0.1, 0.15) is 11.2 Å². The van der Waals surface area contributed by atoms with Crippen LogP contribution in [0.4, 0.5) is 17.1 Å². The van der Waals surface area contributed by atoms with Crippen LogP contribution in [-0.2, 0) is 11.8 Å². The molecule has 8 aromatic carbocycles. The summed E-state index contributed by atoms with van der Waals surface area (Å²) in [5.74, 6) is 0. The molecular formula is C55H45NO. The molecule has 57 heavy (non-hydrogen) atoms. The standard InChI is InChI=1S/C55H45NO/c1-6-41-44(42-17-9-7-15-35(42)2)30-32-51(54(41)43-18-10-8-16-36(43)3)56(40-28-31-50-48(34-40)45-19-11-13-21-49(45)55(50,4)5)39-26-23-37(24-27-39)38-25-29-47-46-20-12-14-22-52(46)57-53(47)33-38/h7-34H,6H2,1-5H3. The Bertz CT molecular complexity index is 3000. The summed E-state index contributed by atoms with van der Waals surface area (Å²) < 4.78 is 6.30. The lowest BCUT2D eigenvalue weighted by Crippen LogP contribution is -2.16. The SMILES string of the molecule is CCc1c(-c2ccccc2C)ccc(N(c2ccc(-c3ccc4c(c3)oc3ccccc34)cc2)c2ccc3c(c2)-c2ccccc2C3(C)C)c1-c1ccccc1C. The molecule has 0 aliphatic heterocycles. The van der Waals surface area contributed by atoms with Crippen molar-refractivity contribution in [3.63, 3.8) is 0 Å². The topological polar surface area (TPSA) is 16.4 Å². The van der Waals surface area contributed by atoms with E-state index in [1.165, 1.54) is 66.9 Å². The van der Waals surface area contributed by atoms with Crippen molar-refractivity contribution in [1.82, 2.24) is 0 Å². The summed E-state index contributed by atoms with van der Waals surface area (Å²) in [6.07, 6.45) is 0.893. The fourth-order valence-corrected chi connectivity index (χ4v) is 9.45. The lowest BCUT2D eigenvalue weighted by Gasteiger charge is -2.31. The van der Waals surface area contributed by atoms with Gasteiger partial charge < -0.3 is 9.32 Å². The van der Waals surface area contributed by atoms with Crippen molar-refractivity contribution < 1.29 is 4.42 Å². The quantitative estimate of drug-likeness (QED) is 0.162. The van der Waals surface area contributed by atoms with Gasteiger partial charge in [-0.05, 0) is 136 Å². The normalized spacial score (nSPS) is 12.9. The number of nitrogens with zero attached hydrogens (tertiary/aromatic N) is 1. The van der Waals surface area contributed by atoms with E-state index in [1.54, 1.807) is 0 Å². The largest absolute Gasteiger partial charge is 0.456 e. The number of hydrogen-bond acceptors (Lipinski definition) is 2. The van der Waals surface area contributed by atoms with E-state index >= 15 is 0 Å². The van der Waals surface area contributed by atoms with Crippen LogP contribution in [0, 0.1) is 13.8 Å². The molecule has 276 valence electrons. The van der Waals surface area contributed by atoms with Gasteiger partial charge >= 0.3 is 0 Å². The zero-order valence-corrected chi connectivity index (χ0v) is 33.2. The van der Waals surface area contributed by atoms with E-state index in [1.807, 2.05) is 12.1 Å². The minimum Gasteiger partial charge on any atom is -0.456 e. The Morgan fingerprint density at radius 1 is 0.474 bits per heavy atom. The van der Waals surface area contributed by atoms with Crippen molar-refractivity contribution in [1.29, 1.82) is 0 Å². The first kappa shape index (κ1) is 34.8. The molecule has 2 heteroatoms. The summed E-state index contributed by atoms with van der Waals surface area (Å²) >= 11 is 0. The molecule has 0 fully saturated rings. The van der Waals surface area contributed by atoms with E-state index in [0.717, 1.165) is 50.9 Å². The van der Waals surface area contributed by atoms with Crippen LogP contribution in [0.3, 0.4) is 0 Å². The zero-order valence-electron chi connectivity index (χ0n) is 33.2. The van der Waals surface area contributed by atoms with Crippen LogP contribution in [0.15, 0.2) is 174 Å². The van der Waals surface area contributed by atoms with E-state index in [0.29, 0.717) is 0 Å². The summed E-state index contributed by atoms with van der Waals surface area (Å²) in [4.78, 5) is 2.49. The number of para-hydroxylation sites is 1. The van der Waals surface area contributed by atoms with E-state index in [9.17, 15) is 0 Å². The number of aryl methyl sites for hydroxylation is 2. The van der Waals surface area contributed by atoms with Crippen LogP contribution < -0.4 is 4.90 Å². The second-order valence-corrected chi connectivity index (χ2v) is 16.1. The highest BCUT2D eigenvalue weighted by atomic mass is 16.3. The van der Waals surface area contributed by atoms with Crippen molar-refractivity contribution in [2.75, 3.05) is 4.90 Å². The van der Waals surface area contributed by atoms with Crippen molar-refractivity contribution >= 4 is 39.0 Å². The molecule has 1 heterocycles. The second kappa shape index (κ2) is 13.5. The summed E-state index contributed by atoms with van der Waals surface area (Å²) in [6, 6.07) is 62.3. The first-order chi connectivity index (χ1) is 27.8. The Hall–Kier alpha value is -6.64. The monoisotopic (exact) mass is 735 g/mol. The first-order valence-corrected chi connectivity index (χ1v) is 20.2. The third-order valence-corrected chi connectivity index (χ3v) is 12.4. The highest BCUT2D eigenvalue weighted by Crippen LogP contribution is 2.52. The van der Waals surface area contributed by atoms with Gasteiger partial charge in [0.2, 0.25) is 0 Å². The number of rotatable bonds is 7. The minimum atomic E-state index is -0.0746. The molecular weight excluding hydrogens is 691 g/mol. The molecule has 0 atom stereocenters. The van der Waals surface area contributed by atoms with E-state index < -0.39 is 0 Å². The molecule has 9 aromatic rings. The van der Waals surface area contributed by atoms with Gasteiger partial charge in [0.05, 0.1) is 5.69 Å². The molecule has 0 unspecified atom stereocenters. The third kappa shape index (κ3) is 5.62. The average molecular weight is 736 g/mol. The van der Waals surface area contributed by atoms with E-state index in [4.69, 9.17) is 4.42 Å². The van der Waals surface area contributed by atoms with Crippen molar-refractivity contribution in [2.45, 2.75) is 46.5 Å². The molecule has 0 spiro atoms. The Morgan fingerprint density at radius 3 is 1.84 bits per heavy atom. The molecule has 1 aliphatic rings. The summed E-state index contributed by atoms with van der Waals surface area (Å²) in [5.41, 5.74) is 21.8. The number of benzene rings is 8. The highest BCUT2D eigenvalue weighted by molar-refractivity contribution is 6.06. The first-order valence-electron chi connectivity index (χ1n) is 20.2. The molecule has 1 aromatic heterocycles. The Morgan fingerprint density at radius 2 is 1.09 bits per heavy atom.